The molecule has 0 spiro atoms. The Labute approximate surface area is 105 Å². The zero-order valence-electron chi connectivity index (χ0n) is 11.4. The number of rotatable bonds is 7. The number of hydrogen-bond donors (Lipinski definition) is 1. The van der Waals surface area contributed by atoms with E-state index in [-0.39, 0.29) is 0 Å². The monoisotopic (exact) mass is 235 g/mol. The van der Waals surface area contributed by atoms with E-state index in [2.05, 4.69) is 41.8 Å². The van der Waals surface area contributed by atoms with Gasteiger partial charge in [-0.15, -0.1) is 0 Å². The number of nitrogens with zero attached hydrogens (tertiary/aromatic N) is 2. The Kier molecular flexibility index (Phi) is 3.87. The van der Waals surface area contributed by atoms with E-state index in [1.807, 2.05) is 6.20 Å². The van der Waals surface area contributed by atoms with E-state index in [9.17, 15) is 0 Å². The van der Waals surface area contributed by atoms with Gasteiger partial charge >= 0.3 is 0 Å². The molecular formula is C14H25N3. The second-order valence-corrected chi connectivity index (χ2v) is 6.04. The normalized spacial score (nSPS) is 16.4. The van der Waals surface area contributed by atoms with Crippen LogP contribution in [0.4, 0.5) is 0 Å². The van der Waals surface area contributed by atoms with Crippen molar-refractivity contribution in [2.45, 2.75) is 59.0 Å². The number of imidazole rings is 1. The van der Waals surface area contributed by atoms with Gasteiger partial charge in [-0.1, -0.05) is 20.8 Å². The van der Waals surface area contributed by atoms with Crippen molar-refractivity contribution < 1.29 is 0 Å². The van der Waals surface area contributed by atoms with Crippen LogP contribution in [0.5, 0.6) is 0 Å². The van der Waals surface area contributed by atoms with E-state index in [1.165, 1.54) is 18.7 Å². The summed E-state index contributed by atoms with van der Waals surface area (Å²) in [6.45, 7) is 9.03. The van der Waals surface area contributed by atoms with Gasteiger partial charge in [0.1, 0.15) is 5.82 Å². The van der Waals surface area contributed by atoms with E-state index in [0.29, 0.717) is 5.41 Å². The average molecular weight is 235 g/mol. The van der Waals surface area contributed by atoms with Gasteiger partial charge in [-0.25, -0.2) is 4.98 Å². The Morgan fingerprint density at radius 3 is 2.88 bits per heavy atom. The lowest BCUT2D eigenvalue weighted by molar-refractivity contribution is 0.284. The van der Waals surface area contributed by atoms with Gasteiger partial charge in [-0.3, -0.25) is 0 Å². The molecule has 3 heteroatoms. The first kappa shape index (κ1) is 12.6. The third kappa shape index (κ3) is 3.84. The van der Waals surface area contributed by atoms with Gasteiger partial charge in [0, 0.05) is 37.9 Å². The van der Waals surface area contributed by atoms with Gasteiger partial charge in [0.05, 0.1) is 0 Å². The molecule has 0 amide bonds. The van der Waals surface area contributed by atoms with Crippen LogP contribution in [0.15, 0.2) is 12.4 Å². The van der Waals surface area contributed by atoms with Crippen LogP contribution in [0.2, 0.25) is 0 Å². The van der Waals surface area contributed by atoms with E-state index < -0.39 is 0 Å². The van der Waals surface area contributed by atoms with Crippen LogP contribution in [-0.2, 0) is 13.0 Å². The van der Waals surface area contributed by atoms with Gasteiger partial charge in [-0.05, 0) is 24.7 Å². The summed E-state index contributed by atoms with van der Waals surface area (Å²) in [6, 6.07) is 0.798. The van der Waals surface area contributed by atoms with Crippen molar-refractivity contribution in [2.75, 3.05) is 6.54 Å². The Bertz CT molecular complexity index is 350. The molecule has 1 aliphatic rings. The van der Waals surface area contributed by atoms with Crippen molar-refractivity contribution in [3.63, 3.8) is 0 Å². The Morgan fingerprint density at radius 1 is 1.47 bits per heavy atom. The van der Waals surface area contributed by atoms with Gasteiger partial charge in [-0.2, -0.15) is 0 Å². The first-order valence-electron chi connectivity index (χ1n) is 6.84. The predicted octanol–water partition coefficient (Wildman–Crippen LogP) is 2.61. The van der Waals surface area contributed by atoms with Crippen LogP contribution in [0.25, 0.3) is 0 Å². The van der Waals surface area contributed by atoms with Crippen molar-refractivity contribution in [3.8, 4) is 0 Å². The summed E-state index contributed by atoms with van der Waals surface area (Å²) in [5.41, 5.74) is 0.297. The largest absolute Gasteiger partial charge is 0.334 e. The summed E-state index contributed by atoms with van der Waals surface area (Å²) in [6.07, 6.45) is 9.01. The second-order valence-electron chi connectivity index (χ2n) is 6.04. The highest BCUT2D eigenvalue weighted by atomic mass is 15.1. The highest BCUT2D eigenvalue weighted by Crippen LogP contribution is 2.23. The van der Waals surface area contributed by atoms with E-state index in [4.69, 9.17) is 0 Å². The highest BCUT2D eigenvalue weighted by molar-refractivity contribution is 4.94. The molecular weight excluding hydrogens is 210 g/mol. The molecule has 1 aromatic heterocycles. The Hall–Kier alpha value is -0.830. The SMILES string of the molecule is CCCc1nccn1CC(C)(C)CNC1CC1. The Balaban J connectivity index is 1.90. The zero-order chi connectivity index (χ0) is 12.3. The Morgan fingerprint density at radius 2 is 2.24 bits per heavy atom. The van der Waals surface area contributed by atoms with Gasteiger partial charge in [0.25, 0.3) is 0 Å². The summed E-state index contributed by atoms with van der Waals surface area (Å²) in [5, 5.41) is 3.63. The van der Waals surface area contributed by atoms with Crippen molar-refractivity contribution >= 4 is 0 Å². The molecule has 1 aliphatic carbocycles. The lowest BCUT2D eigenvalue weighted by atomic mass is 9.93. The smallest absolute Gasteiger partial charge is 0.108 e. The summed E-state index contributed by atoms with van der Waals surface area (Å²) >= 11 is 0. The summed E-state index contributed by atoms with van der Waals surface area (Å²) in [5.74, 6) is 1.23. The zero-order valence-corrected chi connectivity index (χ0v) is 11.4. The van der Waals surface area contributed by atoms with Crippen LogP contribution in [0, 0.1) is 5.41 Å². The lowest BCUT2D eigenvalue weighted by Crippen LogP contribution is -2.34. The van der Waals surface area contributed by atoms with Crippen LogP contribution in [0.3, 0.4) is 0 Å². The topological polar surface area (TPSA) is 29.9 Å². The van der Waals surface area contributed by atoms with Crippen LogP contribution < -0.4 is 5.32 Å². The standard InChI is InChI=1S/C14H25N3/c1-4-5-13-15-8-9-17(13)11-14(2,3)10-16-12-6-7-12/h8-9,12,16H,4-7,10-11H2,1-3H3. The van der Waals surface area contributed by atoms with E-state index in [0.717, 1.165) is 32.0 Å². The molecule has 1 heterocycles. The fourth-order valence-electron chi connectivity index (χ4n) is 2.16. The predicted molar refractivity (Wildman–Crippen MR) is 71.0 cm³/mol. The quantitative estimate of drug-likeness (QED) is 0.787. The summed E-state index contributed by atoms with van der Waals surface area (Å²) < 4.78 is 2.32. The maximum atomic E-state index is 4.44. The number of aromatic nitrogens is 2. The minimum Gasteiger partial charge on any atom is -0.334 e. The summed E-state index contributed by atoms with van der Waals surface area (Å²) in [4.78, 5) is 4.44. The van der Waals surface area contributed by atoms with Crippen molar-refractivity contribution in [3.05, 3.63) is 18.2 Å². The molecule has 0 saturated heterocycles. The number of aryl methyl sites for hydroxylation is 1. The van der Waals surface area contributed by atoms with Crippen LogP contribution >= 0.6 is 0 Å². The third-order valence-corrected chi connectivity index (χ3v) is 3.32. The molecule has 96 valence electrons. The molecule has 1 aromatic rings. The third-order valence-electron chi connectivity index (χ3n) is 3.32. The van der Waals surface area contributed by atoms with Crippen LogP contribution in [-0.4, -0.2) is 22.1 Å². The molecule has 1 fully saturated rings. The second kappa shape index (κ2) is 5.21. The molecule has 1 saturated carbocycles. The number of nitrogens with one attached hydrogen (secondary N) is 1. The fourth-order valence-corrected chi connectivity index (χ4v) is 2.16. The minimum atomic E-state index is 0.297. The van der Waals surface area contributed by atoms with E-state index >= 15 is 0 Å². The van der Waals surface area contributed by atoms with Gasteiger partial charge in [0.15, 0.2) is 0 Å². The van der Waals surface area contributed by atoms with Crippen LogP contribution in [0.1, 0.15) is 45.9 Å². The lowest BCUT2D eigenvalue weighted by Gasteiger charge is -2.26. The summed E-state index contributed by atoms with van der Waals surface area (Å²) in [7, 11) is 0. The average Bonchev–Trinajstić information content (AvgIpc) is 3.01. The molecule has 3 nitrogen and oxygen atoms in total. The maximum Gasteiger partial charge on any atom is 0.108 e. The molecule has 0 unspecified atom stereocenters. The number of hydrogen-bond acceptors (Lipinski definition) is 2. The van der Waals surface area contributed by atoms with Crippen molar-refractivity contribution in [1.82, 2.24) is 14.9 Å². The first-order chi connectivity index (χ1) is 8.11. The molecule has 0 aliphatic heterocycles. The fraction of sp³-hybridized carbons (Fsp3) is 0.786. The molecule has 0 atom stereocenters. The van der Waals surface area contributed by atoms with Crippen molar-refractivity contribution in [2.24, 2.45) is 5.41 Å². The van der Waals surface area contributed by atoms with E-state index in [1.54, 1.807) is 0 Å². The molecule has 0 aromatic carbocycles. The van der Waals surface area contributed by atoms with Gasteiger partial charge < -0.3 is 9.88 Å². The molecule has 0 bridgehead atoms. The van der Waals surface area contributed by atoms with Crippen molar-refractivity contribution in [1.29, 1.82) is 0 Å². The highest BCUT2D eigenvalue weighted by Gasteiger charge is 2.25. The molecule has 17 heavy (non-hydrogen) atoms. The van der Waals surface area contributed by atoms with Gasteiger partial charge in [0.2, 0.25) is 0 Å². The molecule has 0 radical (unpaired) electrons. The molecule has 2 rings (SSSR count). The first-order valence-corrected chi connectivity index (χ1v) is 6.84. The maximum absolute atomic E-state index is 4.44. The molecule has 1 N–H and O–H groups in total. The minimum absolute atomic E-state index is 0.297.